The van der Waals surface area contributed by atoms with E-state index >= 15 is 0 Å². The van der Waals surface area contributed by atoms with Crippen molar-refractivity contribution in [2.24, 2.45) is 0 Å². The summed E-state index contributed by atoms with van der Waals surface area (Å²) in [7, 11) is -3.76. The number of aromatic nitrogens is 5. The number of anilines is 1. The quantitative estimate of drug-likeness (QED) is 0.561. The Balaban J connectivity index is 1.69. The third-order valence-corrected chi connectivity index (χ3v) is 7.01. The molecule has 1 aliphatic heterocycles. The molecule has 1 aliphatic rings. The second-order valence-corrected chi connectivity index (χ2v) is 9.32. The van der Waals surface area contributed by atoms with Crippen LogP contribution in [0.4, 0.5) is 5.82 Å². The average Bonchev–Trinajstić information content (AvgIpc) is 3.44. The van der Waals surface area contributed by atoms with Crippen molar-refractivity contribution < 1.29 is 8.42 Å². The fourth-order valence-electron chi connectivity index (χ4n) is 3.91. The van der Waals surface area contributed by atoms with Crippen LogP contribution in [0.5, 0.6) is 0 Å². The van der Waals surface area contributed by atoms with Gasteiger partial charge in [0, 0.05) is 18.2 Å². The maximum Gasteiger partial charge on any atom is 0.241 e. The highest BCUT2D eigenvalue weighted by atomic mass is 32.2. The molecular weight excluding hydrogens is 416 g/mol. The van der Waals surface area contributed by atoms with Gasteiger partial charge < -0.3 is 5.73 Å². The Morgan fingerprint density at radius 1 is 1.32 bits per heavy atom. The van der Waals surface area contributed by atoms with Crippen LogP contribution in [0.25, 0.3) is 17.1 Å². The topological polar surface area (TPSA) is 132 Å². The van der Waals surface area contributed by atoms with Crippen LogP contribution in [0.3, 0.4) is 0 Å². The number of likely N-dealkylation sites (tertiary alicyclic amines) is 1. The van der Waals surface area contributed by atoms with E-state index in [0.717, 1.165) is 31.5 Å². The van der Waals surface area contributed by atoms with Gasteiger partial charge in [0.15, 0.2) is 11.6 Å². The average molecular weight is 443 g/mol. The molecule has 1 saturated heterocycles. The molecule has 164 valence electrons. The van der Waals surface area contributed by atoms with E-state index in [-0.39, 0.29) is 22.6 Å². The minimum atomic E-state index is -3.76. The molecule has 0 bridgehead atoms. The van der Waals surface area contributed by atoms with Gasteiger partial charge in [0.1, 0.15) is 12.7 Å². The van der Waals surface area contributed by atoms with E-state index in [1.54, 1.807) is 18.2 Å². The summed E-state index contributed by atoms with van der Waals surface area (Å²) in [6.07, 6.45) is 6.37. The zero-order chi connectivity index (χ0) is 22.0. The Morgan fingerprint density at radius 3 is 2.90 bits per heavy atom. The van der Waals surface area contributed by atoms with Crippen molar-refractivity contribution in [1.29, 1.82) is 0 Å². The number of hydrogen-bond acceptors (Lipinski definition) is 8. The first-order valence-corrected chi connectivity index (χ1v) is 11.7. The Bertz CT molecular complexity index is 1160. The maximum atomic E-state index is 13.2. The monoisotopic (exact) mass is 442 g/mol. The molecule has 2 aromatic heterocycles. The molecule has 0 radical (unpaired) electrons. The molecule has 1 unspecified atom stereocenters. The molecule has 3 heterocycles. The predicted octanol–water partition coefficient (Wildman–Crippen LogP) is 1.38. The first-order chi connectivity index (χ1) is 14.9. The summed E-state index contributed by atoms with van der Waals surface area (Å²) in [6, 6.07) is 5.37. The van der Waals surface area contributed by atoms with Gasteiger partial charge in [-0.2, -0.15) is 9.78 Å². The minimum absolute atomic E-state index is 0.155. The Morgan fingerprint density at radius 2 is 2.16 bits per heavy atom. The molecule has 0 spiro atoms. The third kappa shape index (κ3) is 4.43. The third-order valence-electron chi connectivity index (χ3n) is 5.53. The molecule has 31 heavy (non-hydrogen) atoms. The van der Waals surface area contributed by atoms with Crippen molar-refractivity contribution in [3.05, 3.63) is 42.6 Å². The lowest BCUT2D eigenvalue weighted by molar-refractivity contribution is 0.268. The second-order valence-electron chi connectivity index (χ2n) is 7.58. The number of benzene rings is 1. The zero-order valence-corrected chi connectivity index (χ0v) is 18.4. The van der Waals surface area contributed by atoms with Crippen LogP contribution < -0.4 is 10.5 Å². The SMILES string of the molecule is CCN1CCCC1CNS(=O)(=O)c1ccc(C)cc1-c1cnc(N)c(-n2cncn2)n1. The number of nitrogen functional groups attached to an aromatic ring is 1. The number of nitrogens with one attached hydrogen (secondary N) is 1. The summed E-state index contributed by atoms with van der Waals surface area (Å²) in [5.41, 5.74) is 7.71. The van der Waals surface area contributed by atoms with Gasteiger partial charge in [0.2, 0.25) is 10.0 Å². The fraction of sp³-hybridized carbons (Fsp3) is 0.400. The van der Waals surface area contributed by atoms with E-state index in [4.69, 9.17) is 5.73 Å². The van der Waals surface area contributed by atoms with Crippen LogP contribution in [0.1, 0.15) is 25.3 Å². The second kappa shape index (κ2) is 8.69. The normalized spacial score (nSPS) is 17.3. The predicted molar refractivity (Wildman–Crippen MR) is 117 cm³/mol. The van der Waals surface area contributed by atoms with E-state index in [1.807, 2.05) is 6.92 Å². The van der Waals surface area contributed by atoms with E-state index in [2.05, 4.69) is 36.6 Å². The molecule has 0 saturated carbocycles. The molecule has 0 amide bonds. The van der Waals surface area contributed by atoms with E-state index in [0.29, 0.717) is 17.8 Å². The van der Waals surface area contributed by atoms with Crippen molar-refractivity contribution in [1.82, 2.24) is 34.4 Å². The summed E-state index contributed by atoms with van der Waals surface area (Å²) in [6.45, 7) is 6.28. The van der Waals surface area contributed by atoms with Crippen molar-refractivity contribution in [2.75, 3.05) is 25.4 Å². The lowest BCUT2D eigenvalue weighted by atomic mass is 10.1. The van der Waals surface area contributed by atoms with Crippen molar-refractivity contribution >= 4 is 15.8 Å². The first-order valence-electron chi connectivity index (χ1n) is 10.2. The van der Waals surface area contributed by atoms with E-state index in [1.165, 1.54) is 23.5 Å². The highest BCUT2D eigenvalue weighted by Gasteiger charge is 2.27. The van der Waals surface area contributed by atoms with E-state index < -0.39 is 10.0 Å². The number of nitrogens with two attached hydrogens (primary N) is 1. The van der Waals surface area contributed by atoms with Gasteiger partial charge >= 0.3 is 0 Å². The van der Waals surface area contributed by atoms with Gasteiger partial charge in [-0.15, -0.1) is 0 Å². The first kappa shape index (κ1) is 21.3. The molecule has 3 aromatic rings. The largest absolute Gasteiger partial charge is 0.381 e. The number of sulfonamides is 1. The van der Waals surface area contributed by atoms with Gasteiger partial charge in [0.25, 0.3) is 0 Å². The van der Waals surface area contributed by atoms with Gasteiger partial charge in [-0.3, -0.25) is 4.90 Å². The summed E-state index contributed by atoms with van der Waals surface area (Å²) in [5.74, 6) is 0.461. The Hall–Kier alpha value is -2.89. The summed E-state index contributed by atoms with van der Waals surface area (Å²) >= 11 is 0. The molecule has 3 N–H and O–H groups in total. The molecule has 1 fully saturated rings. The zero-order valence-electron chi connectivity index (χ0n) is 17.6. The molecule has 4 rings (SSSR count). The van der Waals surface area contributed by atoms with Crippen LogP contribution in [0.15, 0.2) is 41.9 Å². The van der Waals surface area contributed by atoms with Crippen LogP contribution in [-0.4, -0.2) is 63.7 Å². The van der Waals surface area contributed by atoms with Crippen LogP contribution in [-0.2, 0) is 10.0 Å². The molecule has 10 nitrogen and oxygen atoms in total. The number of aryl methyl sites for hydroxylation is 1. The maximum absolute atomic E-state index is 13.2. The molecular formula is C20H26N8O2S. The highest BCUT2D eigenvalue weighted by Crippen LogP contribution is 2.28. The standard InChI is InChI=1S/C20H26N8O2S/c1-3-27-8-4-5-15(27)10-25-31(29,30)18-7-6-14(2)9-16(18)17-11-23-19(21)20(26-17)28-13-22-12-24-28/h6-7,9,11-13,15,25H,3-5,8,10H2,1-2H3,(H2,21,23). The highest BCUT2D eigenvalue weighted by molar-refractivity contribution is 7.89. The lowest BCUT2D eigenvalue weighted by Crippen LogP contribution is -2.40. The minimum Gasteiger partial charge on any atom is -0.381 e. The Labute approximate surface area is 181 Å². The van der Waals surface area contributed by atoms with Crippen LogP contribution >= 0.6 is 0 Å². The van der Waals surface area contributed by atoms with Gasteiger partial charge in [0.05, 0.1) is 16.8 Å². The lowest BCUT2D eigenvalue weighted by Gasteiger charge is -2.23. The number of likely N-dealkylation sites (N-methyl/N-ethyl adjacent to an activating group) is 1. The molecule has 0 aliphatic carbocycles. The van der Waals surface area contributed by atoms with Crippen molar-refractivity contribution in [3.8, 4) is 17.1 Å². The van der Waals surface area contributed by atoms with Crippen LogP contribution in [0.2, 0.25) is 0 Å². The molecule has 1 aromatic carbocycles. The number of nitrogens with zero attached hydrogens (tertiary/aromatic N) is 6. The summed E-state index contributed by atoms with van der Waals surface area (Å²) in [4.78, 5) is 15.1. The van der Waals surface area contributed by atoms with Gasteiger partial charge in [-0.05, 0) is 45.0 Å². The van der Waals surface area contributed by atoms with E-state index in [9.17, 15) is 8.42 Å². The van der Waals surface area contributed by atoms with Gasteiger partial charge in [-0.25, -0.2) is 28.1 Å². The molecule has 1 atom stereocenters. The van der Waals surface area contributed by atoms with Crippen molar-refractivity contribution in [3.63, 3.8) is 0 Å². The number of hydrogen-bond donors (Lipinski definition) is 2. The molecule has 11 heteroatoms. The summed E-state index contributed by atoms with van der Waals surface area (Å²) in [5, 5.41) is 4.05. The van der Waals surface area contributed by atoms with Crippen molar-refractivity contribution in [2.45, 2.75) is 37.6 Å². The Kier molecular flexibility index (Phi) is 5.99. The van der Waals surface area contributed by atoms with Crippen LogP contribution in [0, 0.1) is 6.92 Å². The fourth-order valence-corrected chi connectivity index (χ4v) is 5.18. The number of rotatable bonds is 7. The smallest absolute Gasteiger partial charge is 0.241 e. The summed E-state index contributed by atoms with van der Waals surface area (Å²) < 4.78 is 30.7. The van der Waals surface area contributed by atoms with Gasteiger partial charge in [-0.1, -0.05) is 18.6 Å².